The van der Waals surface area contributed by atoms with Gasteiger partial charge in [-0.05, 0) is 36.8 Å². The first-order chi connectivity index (χ1) is 13.5. The van der Waals surface area contributed by atoms with Gasteiger partial charge in [-0.3, -0.25) is 9.20 Å². The molecule has 0 spiro atoms. The number of nitrogens with one attached hydrogen (secondary N) is 1. The number of carbonyl (C=O) groups excluding carboxylic acids is 1. The summed E-state index contributed by atoms with van der Waals surface area (Å²) in [6.45, 7) is 0. The lowest BCUT2D eigenvalue weighted by molar-refractivity contribution is -0.116. The first kappa shape index (κ1) is 18.9. The SMILES string of the molecule is O=C(CCc1csc2nc(-c3ccc(Cl)cc3)cn12)Nc1ccc(F)c(Cl)c1. The average molecular weight is 434 g/mol. The highest BCUT2D eigenvalue weighted by Gasteiger charge is 2.12. The van der Waals surface area contributed by atoms with Crippen LogP contribution in [0.3, 0.4) is 0 Å². The maximum Gasteiger partial charge on any atom is 0.224 e. The lowest BCUT2D eigenvalue weighted by Gasteiger charge is -2.06. The van der Waals surface area contributed by atoms with Gasteiger partial charge in [-0.25, -0.2) is 9.37 Å². The summed E-state index contributed by atoms with van der Waals surface area (Å²) in [6, 6.07) is 11.6. The molecule has 4 nitrogen and oxygen atoms in total. The lowest BCUT2D eigenvalue weighted by Crippen LogP contribution is -2.12. The number of aryl methyl sites for hydroxylation is 1. The normalized spacial score (nSPS) is 11.1. The molecule has 4 aromatic rings. The van der Waals surface area contributed by atoms with Gasteiger partial charge >= 0.3 is 0 Å². The van der Waals surface area contributed by atoms with Crippen molar-refractivity contribution < 1.29 is 9.18 Å². The summed E-state index contributed by atoms with van der Waals surface area (Å²) >= 11 is 13.2. The van der Waals surface area contributed by atoms with Gasteiger partial charge in [0.25, 0.3) is 0 Å². The van der Waals surface area contributed by atoms with Crippen molar-refractivity contribution >= 4 is 51.1 Å². The van der Waals surface area contributed by atoms with Gasteiger partial charge in [0.15, 0.2) is 4.96 Å². The van der Waals surface area contributed by atoms with Crippen LogP contribution in [0, 0.1) is 5.82 Å². The molecule has 8 heteroatoms. The average Bonchev–Trinajstić information content (AvgIpc) is 3.25. The van der Waals surface area contributed by atoms with E-state index in [1.54, 1.807) is 0 Å². The number of nitrogens with zero attached hydrogens (tertiary/aromatic N) is 2. The zero-order valence-corrected chi connectivity index (χ0v) is 16.8. The molecule has 0 saturated heterocycles. The van der Waals surface area contributed by atoms with E-state index in [1.807, 2.05) is 40.2 Å². The summed E-state index contributed by atoms with van der Waals surface area (Å²) in [6.07, 6.45) is 2.80. The van der Waals surface area contributed by atoms with E-state index < -0.39 is 5.82 Å². The van der Waals surface area contributed by atoms with Crippen molar-refractivity contribution in [1.82, 2.24) is 9.38 Å². The number of benzene rings is 2. The van der Waals surface area contributed by atoms with Gasteiger partial charge in [0.2, 0.25) is 5.91 Å². The standard InChI is InChI=1S/C20H14Cl2FN3OS/c21-13-3-1-12(2-4-13)18-10-26-15(11-28-20(26)25-18)6-8-19(27)24-14-5-7-17(23)16(22)9-14/h1-5,7,9-11H,6,8H2,(H,24,27). The third-order valence-corrected chi connectivity index (χ3v) is 5.67. The van der Waals surface area contributed by atoms with Crippen LogP contribution in [0.1, 0.15) is 12.1 Å². The number of thiazole rings is 1. The van der Waals surface area contributed by atoms with Crippen LogP contribution in [-0.4, -0.2) is 15.3 Å². The minimum Gasteiger partial charge on any atom is -0.326 e. The van der Waals surface area contributed by atoms with Gasteiger partial charge in [0.1, 0.15) is 5.82 Å². The molecule has 0 saturated carbocycles. The van der Waals surface area contributed by atoms with Gasteiger partial charge in [0, 0.05) is 40.0 Å². The van der Waals surface area contributed by atoms with Crippen molar-refractivity contribution in [2.24, 2.45) is 0 Å². The molecule has 0 bridgehead atoms. The second-order valence-corrected chi connectivity index (χ2v) is 7.87. The predicted octanol–water partition coefficient (Wildman–Crippen LogP) is 6.08. The van der Waals surface area contributed by atoms with Gasteiger partial charge in [-0.2, -0.15) is 0 Å². The first-order valence-corrected chi connectivity index (χ1v) is 10.1. The molecule has 2 aromatic carbocycles. The monoisotopic (exact) mass is 433 g/mol. The van der Waals surface area contributed by atoms with Crippen LogP contribution in [0.15, 0.2) is 54.0 Å². The second-order valence-electron chi connectivity index (χ2n) is 6.19. The highest BCUT2D eigenvalue weighted by Crippen LogP contribution is 2.25. The Morgan fingerprint density at radius 1 is 1.18 bits per heavy atom. The fourth-order valence-electron chi connectivity index (χ4n) is 2.81. The maximum absolute atomic E-state index is 13.2. The Morgan fingerprint density at radius 3 is 2.71 bits per heavy atom. The zero-order valence-electron chi connectivity index (χ0n) is 14.5. The predicted molar refractivity (Wildman–Crippen MR) is 112 cm³/mol. The van der Waals surface area contributed by atoms with Crippen molar-refractivity contribution in [1.29, 1.82) is 0 Å². The van der Waals surface area contributed by atoms with Crippen molar-refractivity contribution in [3.05, 3.63) is 75.6 Å². The minimum atomic E-state index is -0.517. The number of fused-ring (bicyclic) bond motifs is 1. The van der Waals surface area contributed by atoms with Crippen LogP contribution in [0.4, 0.5) is 10.1 Å². The number of hydrogen-bond donors (Lipinski definition) is 1. The van der Waals surface area contributed by atoms with Crippen molar-refractivity contribution in [3.63, 3.8) is 0 Å². The molecule has 142 valence electrons. The quantitative estimate of drug-likeness (QED) is 0.414. The van der Waals surface area contributed by atoms with E-state index in [1.165, 1.54) is 29.5 Å². The molecule has 1 amide bonds. The molecule has 0 unspecified atom stereocenters. The molecule has 4 rings (SSSR count). The summed E-state index contributed by atoms with van der Waals surface area (Å²) < 4.78 is 15.2. The van der Waals surface area contributed by atoms with Crippen molar-refractivity contribution in [2.45, 2.75) is 12.8 Å². The number of rotatable bonds is 5. The summed E-state index contributed by atoms with van der Waals surface area (Å²) in [5.41, 5.74) is 3.31. The van der Waals surface area contributed by atoms with E-state index in [9.17, 15) is 9.18 Å². The summed E-state index contributed by atoms with van der Waals surface area (Å²) in [7, 11) is 0. The molecule has 2 aromatic heterocycles. The van der Waals surface area contributed by atoms with E-state index in [0.717, 1.165) is 21.9 Å². The Labute approximate surface area is 174 Å². The van der Waals surface area contributed by atoms with Crippen LogP contribution in [-0.2, 0) is 11.2 Å². The fraction of sp³-hybridized carbons (Fsp3) is 0.100. The first-order valence-electron chi connectivity index (χ1n) is 8.46. The minimum absolute atomic E-state index is 0.0227. The fourth-order valence-corrected chi connectivity index (χ4v) is 4.02. The second kappa shape index (κ2) is 7.91. The van der Waals surface area contributed by atoms with E-state index in [2.05, 4.69) is 10.3 Å². The summed E-state index contributed by atoms with van der Waals surface area (Å²) in [4.78, 5) is 17.7. The van der Waals surface area contributed by atoms with E-state index >= 15 is 0 Å². The summed E-state index contributed by atoms with van der Waals surface area (Å²) in [5.74, 6) is -0.683. The Hall–Kier alpha value is -2.41. The molecule has 1 N–H and O–H groups in total. The Kier molecular flexibility index (Phi) is 5.35. The van der Waals surface area contributed by atoms with Gasteiger partial charge in [0.05, 0.1) is 10.7 Å². The number of halogens is 3. The molecule has 0 atom stereocenters. The smallest absolute Gasteiger partial charge is 0.224 e. The number of aromatic nitrogens is 2. The van der Waals surface area contributed by atoms with Crippen LogP contribution in [0.5, 0.6) is 0 Å². The van der Waals surface area contributed by atoms with Crippen LogP contribution in [0.25, 0.3) is 16.2 Å². The third-order valence-electron chi connectivity index (χ3n) is 4.23. The highest BCUT2D eigenvalue weighted by atomic mass is 35.5. The largest absolute Gasteiger partial charge is 0.326 e. The van der Waals surface area contributed by atoms with Crippen molar-refractivity contribution in [3.8, 4) is 11.3 Å². The topological polar surface area (TPSA) is 46.4 Å². The molecule has 0 aliphatic rings. The van der Waals surface area contributed by atoms with Crippen LogP contribution < -0.4 is 5.32 Å². The van der Waals surface area contributed by atoms with E-state index in [4.69, 9.17) is 23.2 Å². The number of imidazole rings is 1. The molecule has 28 heavy (non-hydrogen) atoms. The van der Waals surface area contributed by atoms with Gasteiger partial charge < -0.3 is 5.32 Å². The molecule has 0 aliphatic carbocycles. The van der Waals surface area contributed by atoms with E-state index in [0.29, 0.717) is 17.1 Å². The van der Waals surface area contributed by atoms with Crippen LogP contribution in [0.2, 0.25) is 10.0 Å². The Morgan fingerprint density at radius 2 is 1.96 bits per heavy atom. The number of anilines is 1. The van der Waals surface area contributed by atoms with E-state index in [-0.39, 0.29) is 17.4 Å². The maximum atomic E-state index is 13.2. The highest BCUT2D eigenvalue weighted by molar-refractivity contribution is 7.15. The van der Waals surface area contributed by atoms with Crippen LogP contribution >= 0.6 is 34.5 Å². The van der Waals surface area contributed by atoms with Gasteiger partial charge in [-0.1, -0.05) is 35.3 Å². The third kappa shape index (κ3) is 4.04. The lowest BCUT2D eigenvalue weighted by atomic mass is 10.2. The molecule has 2 heterocycles. The Bertz CT molecular complexity index is 1150. The number of amides is 1. The Balaban J connectivity index is 1.45. The van der Waals surface area contributed by atoms with Crippen molar-refractivity contribution in [2.75, 3.05) is 5.32 Å². The number of carbonyl (C=O) groups is 1. The summed E-state index contributed by atoms with van der Waals surface area (Å²) in [5, 5.41) is 5.39. The molecular weight excluding hydrogens is 420 g/mol. The molecular formula is C20H14Cl2FN3OS. The molecule has 0 aliphatic heterocycles. The van der Waals surface area contributed by atoms with Gasteiger partial charge in [-0.15, -0.1) is 11.3 Å². The zero-order chi connectivity index (χ0) is 19.7. The molecule has 0 radical (unpaired) electrons. The molecule has 0 fully saturated rings. The number of hydrogen-bond acceptors (Lipinski definition) is 3.